The molecule has 0 unspecified atom stereocenters. The summed E-state index contributed by atoms with van der Waals surface area (Å²) in [5.74, 6) is 0.888. The predicted octanol–water partition coefficient (Wildman–Crippen LogP) is 3.96. The topological polar surface area (TPSA) is 55.1 Å². The molecule has 112 valence electrons. The number of hydrogen-bond acceptors (Lipinski definition) is 3. The second-order valence-electron chi connectivity index (χ2n) is 5.11. The standard InChI is InChI=1S/C17H22N2O2/c1-3-4-5-9-12-18-16(20)15-13(2)21-17(19-15)14-10-7-6-8-11-14/h6-8,10-11H,3-5,9,12H2,1-2H3,(H,18,20). The molecule has 4 nitrogen and oxygen atoms in total. The molecule has 1 aromatic heterocycles. The SMILES string of the molecule is CCCCCCNC(=O)c1nc(-c2ccccc2)oc1C. The van der Waals surface area contributed by atoms with E-state index in [0.717, 1.165) is 18.4 Å². The fraction of sp³-hybridized carbons (Fsp3) is 0.412. The maximum Gasteiger partial charge on any atom is 0.273 e. The summed E-state index contributed by atoms with van der Waals surface area (Å²) in [6.07, 6.45) is 4.54. The fourth-order valence-electron chi connectivity index (χ4n) is 2.15. The number of amides is 1. The lowest BCUT2D eigenvalue weighted by molar-refractivity contribution is 0.0947. The smallest absolute Gasteiger partial charge is 0.273 e. The van der Waals surface area contributed by atoms with Crippen LogP contribution in [-0.2, 0) is 0 Å². The van der Waals surface area contributed by atoms with Gasteiger partial charge in [-0.15, -0.1) is 0 Å². The van der Waals surface area contributed by atoms with Gasteiger partial charge in [0.1, 0.15) is 5.76 Å². The number of nitrogens with one attached hydrogen (secondary N) is 1. The fourth-order valence-corrected chi connectivity index (χ4v) is 2.15. The van der Waals surface area contributed by atoms with Crippen LogP contribution in [0.1, 0.15) is 48.9 Å². The largest absolute Gasteiger partial charge is 0.441 e. The molecule has 1 N–H and O–H groups in total. The normalized spacial score (nSPS) is 10.6. The van der Waals surface area contributed by atoms with E-state index in [1.165, 1.54) is 12.8 Å². The molecule has 0 saturated carbocycles. The van der Waals surface area contributed by atoms with Crippen molar-refractivity contribution in [3.63, 3.8) is 0 Å². The minimum atomic E-state index is -0.157. The Morgan fingerprint density at radius 1 is 1.19 bits per heavy atom. The van der Waals surface area contributed by atoms with Gasteiger partial charge in [-0.2, -0.15) is 0 Å². The van der Waals surface area contributed by atoms with Gasteiger partial charge in [0, 0.05) is 12.1 Å². The molecule has 1 heterocycles. The molecule has 1 aromatic carbocycles. The maximum atomic E-state index is 12.1. The third-order valence-corrected chi connectivity index (χ3v) is 3.35. The predicted molar refractivity (Wildman–Crippen MR) is 83.2 cm³/mol. The number of rotatable bonds is 7. The van der Waals surface area contributed by atoms with E-state index < -0.39 is 0 Å². The molecular weight excluding hydrogens is 264 g/mol. The third kappa shape index (κ3) is 4.18. The van der Waals surface area contributed by atoms with Gasteiger partial charge in [0.2, 0.25) is 5.89 Å². The van der Waals surface area contributed by atoms with Crippen LogP contribution >= 0.6 is 0 Å². The molecule has 0 aliphatic carbocycles. The molecule has 0 radical (unpaired) electrons. The Balaban J connectivity index is 1.97. The molecule has 0 saturated heterocycles. The van der Waals surface area contributed by atoms with Gasteiger partial charge in [0.05, 0.1) is 0 Å². The van der Waals surface area contributed by atoms with Crippen LogP contribution in [0.4, 0.5) is 0 Å². The highest BCUT2D eigenvalue weighted by molar-refractivity contribution is 5.93. The highest BCUT2D eigenvalue weighted by atomic mass is 16.4. The molecule has 0 aliphatic heterocycles. The van der Waals surface area contributed by atoms with Crippen molar-refractivity contribution in [3.8, 4) is 11.5 Å². The first-order valence-electron chi connectivity index (χ1n) is 7.53. The number of carbonyl (C=O) groups is 1. The van der Waals surface area contributed by atoms with Crippen molar-refractivity contribution < 1.29 is 9.21 Å². The Labute approximate surface area is 125 Å². The monoisotopic (exact) mass is 286 g/mol. The molecule has 0 aliphatic rings. The zero-order chi connectivity index (χ0) is 15.1. The number of aryl methyl sites for hydroxylation is 1. The van der Waals surface area contributed by atoms with Crippen LogP contribution in [0.25, 0.3) is 11.5 Å². The Bertz CT molecular complexity index is 576. The molecule has 0 fully saturated rings. The second kappa shape index (κ2) is 7.62. The molecule has 0 spiro atoms. The van der Waals surface area contributed by atoms with Gasteiger partial charge >= 0.3 is 0 Å². The average molecular weight is 286 g/mol. The summed E-state index contributed by atoms with van der Waals surface area (Å²) in [6, 6.07) is 9.60. The van der Waals surface area contributed by atoms with Crippen LogP contribution in [0.5, 0.6) is 0 Å². The van der Waals surface area contributed by atoms with Crippen molar-refractivity contribution in [1.82, 2.24) is 10.3 Å². The van der Waals surface area contributed by atoms with Crippen LogP contribution in [0.3, 0.4) is 0 Å². The summed E-state index contributed by atoms with van der Waals surface area (Å²) in [5, 5.41) is 2.90. The number of aromatic nitrogens is 1. The quantitative estimate of drug-likeness (QED) is 0.784. The van der Waals surface area contributed by atoms with E-state index in [2.05, 4.69) is 17.2 Å². The van der Waals surface area contributed by atoms with Gasteiger partial charge in [0.15, 0.2) is 5.69 Å². The van der Waals surface area contributed by atoms with E-state index in [-0.39, 0.29) is 5.91 Å². The third-order valence-electron chi connectivity index (χ3n) is 3.35. The molecule has 0 bridgehead atoms. The van der Waals surface area contributed by atoms with Crippen molar-refractivity contribution in [2.24, 2.45) is 0 Å². The highest BCUT2D eigenvalue weighted by Gasteiger charge is 2.17. The van der Waals surface area contributed by atoms with E-state index in [1.807, 2.05) is 30.3 Å². The first-order chi connectivity index (χ1) is 10.2. The zero-order valence-electron chi connectivity index (χ0n) is 12.7. The van der Waals surface area contributed by atoms with E-state index in [9.17, 15) is 4.79 Å². The molecule has 2 rings (SSSR count). The number of unbranched alkanes of at least 4 members (excludes halogenated alkanes) is 3. The molecular formula is C17H22N2O2. The van der Waals surface area contributed by atoms with Gasteiger partial charge in [0.25, 0.3) is 5.91 Å². The van der Waals surface area contributed by atoms with Gasteiger partial charge in [-0.3, -0.25) is 4.79 Å². The van der Waals surface area contributed by atoms with Crippen LogP contribution in [-0.4, -0.2) is 17.4 Å². The summed E-state index contributed by atoms with van der Waals surface area (Å²) in [7, 11) is 0. The number of oxazole rings is 1. The van der Waals surface area contributed by atoms with Crippen molar-refractivity contribution in [2.45, 2.75) is 39.5 Å². The van der Waals surface area contributed by atoms with Gasteiger partial charge in [-0.1, -0.05) is 44.4 Å². The average Bonchev–Trinajstić information content (AvgIpc) is 2.90. The molecule has 4 heteroatoms. The van der Waals surface area contributed by atoms with Crippen molar-refractivity contribution in [2.75, 3.05) is 6.54 Å². The summed E-state index contributed by atoms with van der Waals surface area (Å²) in [6.45, 7) is 4.62. The van der Waals surface area contributed by atoms with Crippen LogP contribution < -0.4 is 5.32 Å². The number of nitrogens with zero attached hydrogens (tertiary/aromatic N) is 1. The summed E-state index contributed by atoms with van der Waals surface area (Å²) in [5.41, 5.74) is 1.26. The van der Waals surface area contributed by atoms with E-state index >= 15 is 0 Å². The van der Waals surface area contributed by atoms with Crippen LogP contribution in [0.15, 0.2) is 34.7 Å². The van der Waals surface area contributed by atoms with Gasteiger partial charge in [-0.25, -0.2) is 4.98 Å². The number of benzene rings is 1. The summed E-state index contributed by atoms with van der Waals surface area (Å²) < 4.78 is 5.59. The highest BCUT2D eigenvalue weighted by Crippen LogP contribution is 2.21. The van der Waals surface area contributed by atoms with Crippen molar-refractivity contribution in [3.05, 3.63) is 41.8 Å². The lowest BCUT2D eigenvalue weighted by atomic mass is 10.2. The van der Waals surface area contributed by atoms with Gasteiger partial charge in [-0.05, 0) is 25.5 Å². The Kier molecular flexibility index (Phi) is 5.55. The second-order valence-corrected chi connectivity index (χ2v) is 5.11. The zero-order valence-corrected chi connectivity index (χ0v) is 12.7. The van der Waals surface area contributed by atoms with E-state index in [0.29, 0.717) is 23.9 Å². The maximum absolute atomic E-state index is 12.1. The summed E-state index contributed by atoms with van der Waals surface area (Å²) in [4.78, 5) is 16.4. The minimum Gasteiger partial charge on any atom is -0.441 e. The Hall–Kier alpha value is -2.10. The van der Waals surface area contributed by atoms with E-state index in [4.69, 9.17) is 4.42 Å². The van der Waals surface area contributed by atoms with Crippen LogP contribution in [0.2, 0.25) is 0 Å². The minimum absolute atomic E-state index is 0.157. The lowest BCUT2D eigenvalue weighted by Crippen LogP contribution is -2.25. The molecule has 21 heavy (non-hydrogen) atoms. The first kappa shape index (κ1) is 15.3. The first-order valence-corrected chi connectivity index (χ1v) is 7.53. The Morgan fingerprint density at radius 2 is 1.95 bits per heavy atom. The Morgan fingerprint density at radius 3 is 2.67 bits per heavy atom. The number of hydrogen-bond donors (Lipinski definition) is 1. The lowest BCUT2D eigenvalue weighted by Gasteiger charge is -2.02. The van der Waals surface area contributed by atoms with Crippen molar-refractivity contribution in [1.29, 1.82) is 0 Å². The van der Waals surface area contributed by atoms with Crippen LogP contribution in [0, 0.1) is 6.92 Å². The summed E-state index contributed by atoms with van der Waals surface area (Å²) >= 11 is 0. The van der Waals surface area contributed by atoms with Crippen molar-refractivity contribution >= 4 is 5.91 Å². The molecule has 2 aromatic rings. The van der Waals surface area contributed by atoms with Gasteiger partial charge < -0.3 is 9.73 Å². The van der Waals surface area contributed by atoms with E-state index in [1.54, 1.807) is 6.92 Å². The molecule has 1 amide bonds. The number of carbonyl (C=O) groups excluding carboxylic acids is 1. The molecule has 0 atom stereocenters.